The quantitative estimate of drug-likeness (QED) is 0.825. The van der Waals surface area contributed by atoms with Crippen molar-refractivity contribution in [3.8, 4) is 0 Å². The minimum absolute atomic E-state index is 0.120. The van der Waals surface area contributed by atoms with Gasteiger partial charge in [-0.25, -0.2) is 0 Å². The molecule has 1 aliphatic heterocycles. The van der Waals surface area contributed by atoms with E-state index in [1.54, 1.807) is 0 Å². The molecular formula is C15H26N4. The van der Waals surface area contributed by atoms with E-state index in [0.717, 1.165) is 32.7 Å². The van der Waals surface area contributed by atoms with Gasteiger partial charge >= 0.3 is 0 Å². The van der Waals surface area contributed by atoms with Gasteiger partial charge < -0.3 is 15.5 Å². The van der Waals surface area contributed by atoms with E-state index in [1.165, 1.54) is 5.56 Å². The highest BCUT2D eigenvalue weighted by Crippen LogP contribution is 2.20. The maximum atomic E-state index is 4.21. The molecule has 1 aromatic heterocycles. The van der Waals surface area contributed by atoms with Crippen molar-refractivity contribution < 1.29 is 0 Å². The molecular weight excluding hydrogens is 236 g/mol. The second-order valence-electron chi connectivity index (χ2n) is 6.17. The van der Waals surface area contributed by atoms with E-state index in [0.29, 0.717) is 6.04 Å². The Bertz CT molecular complexity index is 377. The topological polar surface area (TPSA) is 40.2 Å². The molecule has 4 heteroatoms. The highest BCUT2D eigenvalue weighted by molar-refractivity contribution is 5.19. The maximum absolute atomic E-state index is 4.21. The van der Waals surface area contributed by atoms with Crippen LogP contribution < -0.4 is 10.6 Å². The van der Waals surface area contributed by atoms with Gasteiger partial charge in [0.05, 0.1) is 0 Å². The van der Waals surface area contributed by atoms with Crippen LogP contribution in [0.3, 0.4) is 0 Å². The molecule has 4 nitrogen and oxygen atoms in total. The number of pyridine rings is 1. The van der Waals surface area contributed by atoms with Gasteiger partial charge in [0.2, 0.25) is 0 Å². The van der Waals surface area contributed by atoms with E-state index in [-0.39, 0.29) is 5.41 Å². The molecule has 0 bridgehead atoms. The van der Waals surface area contributed by atoms with Crippen LogP contribution in [0.25, 0.3) is 0 Å². The summed E-state index contributed by atoms with van der Waals surface area (Å²) in [6, 6.07) is 4.72. The number of piperazine rings is 1. The lowest BCUT2D eigenvalue weighted by Crippen LogP contribution is -2.53. The minimum Gasteiger partial charge on any atom is -0.314 e. The summed E-state index contributed by atoms with van der Waals surface area (Å²) in [7, 11) is 2.19. The summed E-state index contributed by atoms with van der Waals surface area (Å²) < 4.78 is 0. The summed E-state index contributed by atoms with van der Waals surface area (Å²) in [5.41, 5.74) is 1.41. The van der Waals surface area contributed by atoms with Gasteiger partial charge in [-0.2, -0.15) is 0 Å². The van der Waals surface area contributed by atoms with Crippen molar-refractivity contribution >= 4 is 0 Å². The first kappa shape index (κ1) is 14.4. The van der Waals surface area contributed by atoms with Crippen molar-refractivity contribution in [1.82, 2.24) is 20.5 Å². The molecule has 2 N–H and O–H groups in total. The molecule has 1 aromatic rings. The number of rotatable bonds is 5. The fourth-order valence-corrected chi connectivity index (χ4v) is 2.55. The van der Waals surface area contributed by atoms with Gasteiger partial charge in [-0.05, 0) is 18.7 Å². The number of nitrogens with one attached hydrogen (secondary N) is 2. The van der Waals surface area contributed by atoms with Crippen molar-refractivity contribution in [3.05, 3.63) is 30.1 Å². The van der Waals surface area contributed by atoms with Gasteiger partial charge in [0, 0.05) is 56.6 Å². The van der Waals surface area contributed by atoms with E-state index in [2.05, 4.69) is 47.5 Å². The van der Waals surface area contributed by atoms with Gasteiger partial charge in [-0.3, -0.25) is 4.98 Å². The molecule has 0 spiro atoms. The summed E-state index contributed by atoms with van der Waals surface area (Å²) in [4.78, 5) is 6.60. The zero-order valence-corrected chi connectivity index (χ0v) is 12.3. The number of hydrogen-bond donors (Lipinski definition) is 2. The van der Waals surface area contributed by atoms with Gasteiger partial charge in [0.1, 0.15) is 0 Å². The fourth-order valence-electron chi connectivity index (χ4n) is 2.55. The molecule has 1 unspecified atom stereocenters. The number of hydrogen-bond acceptors (Lipinski definition) is 4. The Hall–Kier alpha value is -0.970. The third-order valence-electron chi connectivity index (χ3n) is 3.86. The number of likely N-dealkylation sites (N-methyl/N-ethyl adjacent to an activating group) is 1. The Morgan fingerprint density at radius 1 is 1.53 bits per heavy atom. The van der Waals surface area contributed by atoms with Gasteiger partial charge in [0.15, 0.2) is 0 Å². The lowest BCUT2D eigenvalue weighted by atomic mass is 9.85. The van der Waals surface area contributed by atoms with E-state index >= 15 is 0 Å². The largest absolute Gasteiger partial charge is 0.314 e. The molecule has 0 saturated carbocycles. The SMILES string of the molecule is CN1CCNC(CNCC(C)(C)c2cccnc2)C1. The molecule has 19 heavy (non-hydrogen) atoms. The van der Waals surface area contributed by atoms with Crippen LogP contribution in [0.5, 0.6) is 0 Å². The van der Waals surface area contributed by atoms with Crippen LogP contribution in [0.4, 0.5) is 0 Å². The van der Waals surface area contributed by atoms with Crippen LogP contribution in [-0.4, -0.2) is 55.7 Å². The summed E-state index contributed by atoms with van der Waals surface area (Å²) in [5, 5.41) is 7.16. The molecule has 0 radical (unpaired) electrons. The minimum atomic E-state index is 0.120. The molecule has 1 fully saturated rings. The van der Waals surface area contributed by atoms with Crippen molar-refractivity contribution in [2.24, 2.45) is 0 Å². The van der Waals surface area contributed by atoms with Crippen LogP contribution in [0.2, 0.25) is 0 Å². The van der Waals surface area contributed by atoms with Crippen molar-refractivity contribution in [2.75, 3.05) is 39.8 Å². The van der Waals surface area contributed by atoms with Crippen molar-refractivity contribution in [2.45, 2.75) is 25.3 Å². The normalized spacial score (nSPS) is 21.5. The molecule has 2 rings (SSSR count). The summed E-state index contributed by atoms with van der Waals surface area (Å²) >= 11 is 0. The maximum Gasteiger partial charge on any atom is 0.0320 e. The van der Waals surface area contributed by atoms with E-state index in [9.17, 15) is 0 Å². The highest BCUT2D eigenvalue weighted by atomic mass is 15.2. The Labute approximate surface area is 116 Å². The zero-order valence-electron chi connectivity index (χ0n) is 12.3. The molecule has 0 aliphatic carbocycles. The summed E-state index contributed by atoms with van der Waals surface area (Å²) in [6.07, 6.45) is 3.79. The third-order valence-corrected chi connectivity index (χ3v) is 3.86. The number of nitrogens with zero attached hydrogens (tertiary/aromatic N) is 2. The van der Waals surface area contributed by atoms with Crippen LogP contribution in [0.1, 0.15) is 19.4 Å². The van der Waals surface area contributed by atoms with Crippen LogP contribution in [0, 0.1) is 0 Å². The van der Waals surface area contributed by atoms with E-state index < -0.39 is 0 Å². The van der Waals surface area contributed by atoms with E-state index in [4.69, 9.17) is 0 Å². The first-order valence-electron chi connectivity index (χ1n) is 7.11. The highest BCUT2D eigenvalue weighted by Gasteiger charge is 2.22. The number of aromatic nitrogens is 1. The van der Waals surface area contributed by atoms with Crippen LogP contribution >= 0.6 is 0 Å². The van der Waals surface area contributed by atoms with Crippen LogP contribution in [0.15, 0.2) is 24.5 Å². The second kappa shape index (κ2) is 6.46. The molecule has 0 amide bonds. The fraction of sp³-hybridized carbons (Fsp3) is 0.667. The smallest absolute Gasteiger partial charge is 0.0320 e. The predicted octanol–water partition coefficient (Wildman–Crippen LogP) is 0.852. The van der Waals surface area contributed by atoms with Crippen molar-refractivity contribution in [1.29, 1.82) is 0 Å². The monoisotopic (exact) mass is 262 g/mol. The van der Waals surface area contributed by atoms with Gasteiger partial charge in [-0.15, -0.1) is 0 Å². The Balaban J connectivity index is 1.78. The zero-order chi connectivity index (χ0) is 13.7. The lowest BCUT2D eigenvalue weighted by molar-refractivity contribution is 0.233. The summed E-state index contributed by atoms with van der Waals surface area (Å²) in [5.74, 6) is 0. The standard InChI is InChI=1S/C15H26N4/c1-15(2,13-5-4-6-16-9-13)12-17-10-14-11-19(3)8-7-18-14/h4-6,9,14,17-18H,7-8,10-12H2,1-3H3. The van der Waals surface area contributed by atoms with E-state index in [1.807, 2.05) is 18.5 Å². The van der Waals surface area contributed by atoms with Gasteiger partial charge in [-0.1, -0.05) is 19.9 Å². The third kappa shape index (κ3) is 4.27. The predicted molar refractivity (Wildman–Crippen MR) is 79.4 cm³/mol. The molecule has 1 saturated heterocycles. The lowest BCUT2D eigenvalue weighted by Gasteiger charge is -2.32. The Morgan fingerprint density at radius 2 is 2.37 bits per heavy atom. The van der Waals surface area contributed by atoms with Crippen molar-refractivity contribution in [3.63, 3.8) is 0 Å². The average molecular weight is 262 g/mol. The van der Waals surface area contributed by atoms with Crippen LogP contribution in [-0.2, 0) is 5.41 Å². The van der Waals surface area contributed by atoms with Gasteiger partial charge in [0.25, 0.3) is 0 Å². The molecule has 1 atom stereocenters. The average Bonchev–Trinajstić information content (AvgIpc) is 2.40. The Kier molecular flexibility index (Phi) is 4.91. The summed E-state index contributed by atoms with van der Waals surface area (Å²) in [6.45, 7) is 9.89. The molecule has 2 heterocycles. The first-order valence-corrected chi connectivity index (χ1v) is 7.11. The Morgan fingerprint density at radius 3 is 3.05 bits per heavy atom. The molecule has 106 valence electrons. The molecule has 0 aromatic carbocycles. The second-order valence-corrected chi connectivity index (χ2v) is 6.17. The first-order chi connectivity index (χ1) is 9.08. The molecule has 1 aliphatic rings.